The third kappa shape index (κ3) is 3.80. The number of pyridine rings is 1. The minimum atomic E-state index is -0.827. The summed E-state index contributed by atoms with van der Waals surface area (Å²) in [7, 11) is 1.62. The first-order valence-electron chi connectivity index (χ1n) is 7.50. The molecule has 2 aromatic heterocycles. The van der Waals surface area contributed by atoms with Crippen molar-refractivity contribution in [3.8, 4) is 0 Å². The lowest BCUT2D eigenvalue weighted by Gasteiger charge is -2.09. The second-order valence-corrected chi connectivity index (χ2v) is 5.34. The summed E-state index contributed by atoms with van der Waals surface area (Å²) in [6.07, 6.45) is 1.20. The molecule has 0 aliphatic rings. The van der Waals surface area contributed by atoms with E-state index in [9.17, 15) is 14.8 Å². The van der Waals surface area contributed by atoms with E-state index in [1.54, 1.807) is 19.2 Å². The van der Waals surface area contributed by atoms with Crippen molar-refractivity contribution in [3.05, 3.63) is 58.3 Å². The Morgan fingerprint density at radius 1 is 1.29 bits per heavy atom. The van der Waals surface area contributed by atoms with Crippen LogP contribution in [0.1, 0.15) is 32.2 Å². The van der Waals surface area contributed by atoms with Crippen molar-refractivity contribution in [3.63, 3.8) is 0 Å². The molecule has 0 aromatic carbocycles. The molecule has 0 bridgehead atoms. The number of hydrogen-bond donors (Lipinski definition) is 0. The number of nitrogens with zero attached hydrogens (tertiary/aromatic N) is 2. The van der Waals surface area contributed by atoms with Crippen LogP contribution in [0.25, 0.3) is 0 Å². The first-order chi connectivity index (χ1) is 11.5. The van der Waals surface area contributed by atoms with Crippen molar-refractivity contribution < 1.29 is 23.8 Å². The van der Waals surface area contributed by atoms with E-state index in [0.717, 1.165) is 11.4 Å². The quantitative estimate of drug-likeness (QED) is 0.331. The van der Waals surface area contributed by atoms with E-state index < -0.39 is 12.6 Å². The molecule has 0 radical (unpaired) electrons. The van der Waals surface area contributed by atoms with Gasteiger partial charge in [-0.1, -0.05) is 0 Å². The Hall–Kier alpha value is -2.67. The Balaban J connectivity index is 2.05. The normalized spacial score (nSPS) is 10.6. The zero-order valence-electron chi connectivity index (χ0n) is 13.9. The van der Waals surface area contributed by atoms with Crippen LogP contribution >= 0.6 is 0 Å². The number of ether oxygens (including phenoxy) is 2. The molecule has 0 amide bonds. The molecular weight excluding hydrogens is 312 g/mol. The van der Waals surface area contributed by atoms with Crippen LogP contribution in [0.3, 0.4) is 0 Å². The molecular formula is C17H20N2O5. The highest BCUT2D eigenvalue weighted by atomic mass is 16.5. The van der Waals surface area contributed by atoms with Crippen LogP contribution in [-0.4, -0.2) is 36.6 Å². The van der Waals surface area contributed by atoms with Gasteiger partial charge in [0.2, 0.25) is 5.78 Å². The number of aromatic nitrogens is 2. The Kier molecular flexibility index (Phi) is 5.70. The summed E-state index contributed by atoms with van der Waals surface area (Å²) in [5.41, 5.74) is 2.07. The van der Waals surface area contributed by atoms with Crippen LogP contribution in [0, 0.1) is 19.1 Å². The highest BCUT2D eigenvalue weighted by molar-refractivity contribution is 6.00. The number of methoxy groups -OCH3 is 1. The molecule has 2 aromatic rings. The number of Topliss-reactive ketones (excluding diaryl/α,β-unsaturated/α-hetero) is 1. The number of aryl methyl sites for hydroxylation is 1. The lowest BCUT2D eigenvalue weighted by Crippen LogP contribution is -2.35. The summed E-state index contributed by atoms with van der Waals surface area (Å²) >= 11 is 0. The molecule has 0 spiro atoms. The van der Waals surface area contributed by atoms with Crippen LogP contribution in [0.2, 0.25) is 0 Å². The lowest BCUT2D eigenvalue weighted by atomic mass is 10.1. The van der Waals surface area contributed by atoms with Gasteiger partial charge in [0.05, 0.1) is 6.61 Å². The molecule has 0 atom stereocenters. The predicted molar refractivity (Wildman–Crippen MR) is 85.8 cm³/mol. The summed E-state index contributed by atoms with van der Waals surface area (Å²) in [5.74, 6) is -1.14. The molecule has 0 saturated heterocycles. The van der Waals surface area contributed by atoms with Crippen LogP contribution in [0.4, 0.5) is 0 Å². The molecule has 0 aliphatic carbocycles. The number of esters is 1. The first kappa shape index (κ1) is 17.7. The molecule has 0 aliphatic heterocycles. The zero-order valence-corrected chi connectivity index (χ0v) is 13.9. The van der Waals surface area contributed by atoms with Crippen LogP contribution in [-0.2, 0) is 16.0 Å². The largest absolute Gasteiger partial charge is 0.618 e. The van der Waals surface area contributed by atoms with Crippen molar-refractivity contribution in [2.45, 2.75) is 20.4 Å². The van der Waals surface area contributed by atoms with Gasteiger partial charge in [-0.25, -0.2) is 4.79 Å². The van der Waals surface area contributed by atoms with Gasteiger partial charge in [0.25, 0.3) is 0 Å². The fraction of sp³-hybridized carbons (Fsp3) is 0.353. The minimum absolute atomic E-state index is 0.157. The fourth-order valence-electron chi connectivity index (χ4n) is 2.48. The van der Waals surface area contributed by atoms with Crippen molar-refractivity contribution >= 4 is 11.8 Å². The number of carbonyl (C=O) groups is 2. The van der Waals surface area contributed by atoms with E-state index in [0.29, 0.717) is 23.4 Å². The lowest BCUT2D eigenvalue weighted by molar-refractivity contribution is -0.608. The van der Waals surface area contributed by atoms with Crippen molar-refractivity contribution in [1.29, 1.82) is 0 Å². The second-order valence-electron chi connectivity index (χ2n) is 5.34. The number of carbonyl (C=O) groups excluding carboxylic acids is 2. The summed E-state index contributed by atoms with van der Waals surface area (Å²) in [6.45, 7) is 4.50. The predicted octanol–water partition coefficient (Wildman–Crippen LogP) is 1.42. The SMILES string of the molecule is COCCn1c(C)cc(C(=O)COC(=O)c2cccc[n+]2[O-])c1C. The highest BCUT2D eigenvalue weighted by Crippen LogP contribution is 2.16. The molecule has 128 valence electrons. The van der Waals surface area contributed by atoms with E-state index in [4.69, 9.17) is 9.47 Å². The Bertz CT molecular complexity index is 751. The third-order valence-corrected chi connectivity index (χ3v) is 3.76. The molecule has 0 fully saturated rings. The van der Waals surface area contributed by atoms with Crippen molar-refractivity contribution in [2.24, 2.45) is 0 Å². The molecule has 0 N–H and O–H groups in total. The van der Waals surface area contributed by atoms with Gasteiger partial charge >= 0.3 is 11.7 Å². The van der Waals surface area contributed by atoms with Gasteiger partial charge in [-0.2, -0.15) is 4.73 Å². The molecule has 7 nitrogen and oxygen atoms in total. The van der Waals surface area contributed by atoms with Crippen molar-refractivity contribution in [2.75, 3.05) is 20.3 Å². The number of ketones is 1. The maximum Gasteiger partial charge on any atom is 0.405 e. The van der Waals surface area contributed by atoms with Crippen molar-refractivity contribution in [1.82, 2.24) is 4.57 Å². The monoisotopic (exact) mass is 332 g/mol. The Morgan fingerprint density at radius 2 is 2.04 bits per heavy atom. The summed E-state index contributed by atoms with van der Waals surface area (Å²) in [4.78, 5) is 24.2. The smallest absolute Gasteiger partial charge is 0.405 e. The zero-order chi connectivity index (χ0) is 17.7. The standard InChI is InChI=1S/C17H20N2O5/c1-12-10-14(13(2)18(12)8-9-23-3)16(20)11-24-17(21)15-6-4-5-7-19(15)22/h4-7,10H,8-9,11H2,1-3H3. The minimum Gasteiger partial charge on any atom is -0.618 e. The number of hydrogen-bond acceptors (Lipinski definition) is 5. The van der Waals surface area contributed by atoms with Crippen LogP contribution in [0.15, 0.2) is 30.5 Å². The molecule has 2 heterocycles. The van der Waals surface area contributed by atoms with Gasteiger partial charge in [0.1, 0.15) is 0 Å². The van der Waals surface area contributed by atoms with Crippen LogP contribution < -0.4 is 4.73 Å². The molecule has 7 heteroatoms. The van der Waals surface area contributed by atoms with Gasteiger partial charge in [0.15, 0.2) is 12.8 Å². The van der Waals surface area contributed by atoms with Gasteiger partial charge in [-0.15, -0.1) is 0 Å². The van der Waals surface area contributed by atoms with Crippen LogP contribution in [0.5, 0.6) is 0 Å². The third-order valence-electron chi connectivity index (χ3n) is 3.76. The van der Waals surface area contributed by atoms with E-state index in [1.807, 2.05) is 18.4 Å². The maximum absolute atomic E-state index is 12.3. The first-order valence-corrected chi connectivity index (χ1v) is 7.50. The molecule has 0 unspecified atom stereocenters. The topological polar surface area (TPSA) is 84.5 Å². The highest BCUT2D eigenvalue weighted by Gasteiger charge is 2.21. The fourth-order valence-corrected chi connectivity index (χ4v) is 2.48. The Labute approximate surface area is 140 Å². The average Bonchev–Trinajstić information content (AvgIpc) is 2.85. The van der Waals surface area contributed by atoms with Gasteiger partial charge in [-0.05, 0) is 26.0 Å². The Morgan fingerprint density at radius 3 is 2.71 bits per heavy atom. The van der Waals surface area contributed by atoms with E-state index in [1.165, 1.54) is 18.3 Å². The second kappa shape index (κ2) is 7.74. The van der Waals surface area contributed by atoms with Gasteiger partial charge in [-0.3, -0.25) is 4.79 Å². The summed E-state index contributed by atoms with van der Waals surface area (Å²) in [6, 6.07) is 6.16. The molecule has 24 heavy (non-hydrogen) atoms. The van der Waals surface area contributed by atoms with Gasteiger partial charge in [0, 0.05) is 42.7 Å². The number of rotatable bonds is 7. The summed E-state index contributed by atoms with van der Waals surface area (Å²) in [5, 5.41) is 11.5. The summed E-state index contributed by atoms with van der Waals surface area (Å²) < 4.78 is 12.4. The molecule has 2 rings (SSSR count). The van der Waals surface area contributed by atoms with E-state index in [-0.39, 0.29) is 11.5 Å². The maximum atomic E-state index is 12.3. The average molecular weight is 332 g/mol. The van der Waals surface area contributed by atoms with E-state index >= 15 is 0 Å². The van der Waals surface area contributed by atoms with Gasteiger partial charge < -0.3 is 19.2 Å². The molecule has 0 saturated carbocycles. The van der Waals surface area contributed by atoms with E-state index in [2.05, 4.69) is 0 Å².